The number of aromatic nitrogens is 2. The quantitative estimate of drug-likeness (QED) is 0.738. The number of thiazole rings is 1. The minimum atomic E-state index is -0.193. The fourth-order valence-electron chi connectivity index (χ4n) is 3.27. The van der Waals surface area contributed by atoms with Crippen molar-refractivity contribution in [3.05, 3.63) is 59.2 Å². The first-order chi connectivity index (χ1) is 13.2. The van der Waals surface area contributed by atoms with Crippen molar-refractivity contribution < 1.29 is 9.59 Å². The predicted molar refractivity (Wildman–Crippen MR) is 105 cm³/mol. The summed E-state index contributed by atoms with van der Waals surface area (Å²) in [4.78, 5) is 36.0. The Bertz CT molecular complexity index is 924. The van der Waals surface area contributed by atoms with Gasteiger partial charge in [0.15, 0.2) is 5.01 Å². The van der Waals surface area contributed by atoms with Gasteiger partial charge < -0.3 is 10.2 Å². The van der Waals surface area contributed by atoms with Gasteiger partial charge in [0.2, 0.25) is 5.91 Å². The highest BCUT2D eigenvalue weighted by atomic mass is 32.1. The number of nitrogens with one attached hydrogen (secondary N) is 1. The highest BCUT2D eigenvalue weighted by Gasteiger charge is 2.28. The summed E-state index contributed by atoms with van der Waals surface area (Å²) >= 11 is 1.29. The summed E-state index contributed by atoms with van der Waals surface area (Å²) in [5.41, 5.74) is 1.90. The minimum absolute atomic E-state index is 0.0295. The van der Waals surface area contributed by atoms with Crippen LogP contribution in [-0.2, 0) is 11.2 Å². The van der Waals surface area contributed by atoms with Gasteiger partial charge in [0, 0.05) is 31.7 Å². The van der Waals surface area contributed by atoms with E-state index in [1.54, 1.807) is 12.3 Å². The Labute approximate surface area is 161 Å². The molecule has 1 fully saturated rings. The number of hydrogen-bond donors (Lipinski definition) is 1. The van der Waals surface area contributed by atoms with Crippen LogP contribution >= 0.6 is 11.3 Å². The van der Waals surface area contributed by atoms with E-state index in [9.17, 15) is 9.59 Å². The van der Waals surface area contributed by atoms with Gasteiger partial charge in [-0.1, -0.05) is 41.7 Å². The van der Waals surface area contributed by atoms with Crippen molar-refractivity contribution in [3.63, 3.8) is 0 Å². The van der Waals surface area contributed by atoms with Crippen molar-refractivity contribution >= 4 is 33.5 Å². The highest BCUT2D eigenvalue weighted by Crippen LogP contribution is 2.20. The molecule has 138 valence electrons. The van der Waals surface area contributed by atoms with Crippen molar-refractivity contribution in [1.29, 1.82) is 0 Å². The number of likely N-dealkylation sites (tertiary alicyclic amines) is 1. The van der Waals surface area contributed by atoms with Gasteiger partial charge in [-0.25, -0.2) is 9.97 Å². The number of fused-ring (bicyclic) bond motifs is 1. The Hall–Kier alpha value is -2.80. The van der Waals surface area contributed by atoms with Crippen LogP contribution in [0.5, 0.6) is 0 Å². The zero-order chi connectivity index (χ0) is 18.6. The summed E-state index contributed by atoms with van der Waals surface area (Å²) in [6.45, 7) is 1.24. The second-order valence-corrected chi connectivity index (χ2v) is 7.61. The van der Waals surface area contributed by atoms with Crippen LogP contribution in [0.2, 0.25) is 0 Å². The zero-order valence-corrected chi connectivity index (χ0v) is 15.6. The summed E-state index contributed by atoms with van der Waals surface area (Å²) in [5, 5.41) is 3.42. The van der Waals surface area contributed by atoms with E-state index in [1.165, 1.54) is 16.9 Å². The maximum atomic E-state index is 12.5. The lowest BCUT2D eigenvalue weighted by molar-refractivity contribution is -0.130. The second-order valence-electron chi connectivity index (χ2n) is 6.63. The molecule has 0 bridgehead atoms. The Morgan fingerprint density at radius 3 is 2.85 bits per heavy atom. The molecule has 2 amide bonds. The first-order valence-corrected chi connectivity index (χ1v) is 9.85. The first-order valence-electron chi connectivity index (χ1n) is 9.03. The number of carbonyl (C=O) groups is 2. The standard InChI is InChI=1S/C20H20N4O2S/c25-17(9-8-14-5-2-1-3-6-14)24-12-10-15(13-24)22-18(26)20-23-16-7-4-11-21-19(16)27-20/h1-7,11,15H,8-10,12-13H2,(H,22,26). The molecule has 3 aromatic rings. The van der Waals surface area contributed by atoms with Crippen LogP contribution in [0.25, 0.3) is 10.3 Å². The van der Waals surface area contributed by atoms with Crippen molar-refractivity contribution in [2.75, 3.05) is 13.1 Å². The number of nitrogens with zero attached hydrogens (tertiary/aromatic N) is 3. The molecule has 1 aromatic carbocycles. The van der Waals surface area contributed by atoms with Gasteiger partial charge in [0.1, 0.15) is 10.3 Å². The molecule has 1 saturated heterocycles. The maximum Gasteiger partial charge on any atom is 0.280 e. The van der Waals surface area contributed by atoms with Crippen molar-refractivity contribution in [2.45, 2.75) is 25.3 Å². The van der Waals surface area contributed by atoms with Gasteiger partial charge in [-0.2, -0.15) is 0 Å². The molecule has 0 spiro atoms. The summed E-state index contributed by atoms with van der Waals surface area (Å²) in [5.74, 6) is -0.0543. The molecule has 0 radical (unpaired) electrons. The monoisotopic (exact) mass is 380 g/mol. The fourth-order valence-corrected chi connectivity index (χ4v) is 4.08. The molecular formula is C20H20N4O2S. The number of aryl methyl sites for hydroxylation is 1. The Balaban J connectivity index is 1.30. The average Bonchev–Trinajstić information content (AvgIpc) is 3.34. The van der Waals surface area contributed by atoms with Crippen LogP contribution < -0.4 is 5.32 Å². The average molecular weight is 380 g/mol. The van der Waals surface area contributed by atoms with E-state index < -0.39 is 0 Å². The van der Waals surface area contributed by atoms with Gasteiger partial charge in [0.25, 0.3) is 5.91 Å². The molecule has 0 aliphatic carbocycles. The van der Waals surface area contributed by atoms with Gasteiger partial charge in [-0.15, -0.1) is 0 Å². The first kappa shape index (κ1) is 17.6. The number of amides is 2. The van der Waals surface area contributed by atoms with E-state index in [4.69, 9.17) is 0 Å². The largest absolute Gasteiger partial charge is 0.345 e. The fraction of sp³-hybridized carbons (Fsp3) is 0.300. The van der Waals surface area contributed by atoms with E-state index in [0.717, 1.165) is 23.2 Å². The predicted octanol–water partition coefficient (Wildman–Crippen LogP) is 2.65. The summed E-state index contributed by atoms with van der Waals surface area (Å²) < 4.78 is 0. The molecule has 7 heteroatoms. The Morgan fingerprint density at radius 2 is 2.04 bits per heavy atom. The number of benzene rings is 1. The summed E-state index contributed by atoms with van der Waals surface area (Å²) in [6.07, 6.45) is 3.70. The van der Waals surface area contributed by atoms with E-state index in [-0.39, 0.29) is 17.9 Å². The lowest BCUT2D eigenvalue weighted by atomic mass is 10.1. The minimum Gasteiger partial charge on any atom is -0.345 e. The molecule has 1 unspecified atom stereocenters. The molecule has 1 N–H and O–H groups in total. The topological polar surface area (TPSA) is 75.2 Å². The normalized spacial score (nSPS) is 16.6. The lowest BCUT2D eigenvalue weighted by Gasteiger charge is -2.17. The van der Waals surface area contributed by atoms with E-state index in [0.29, 0.717) is 24.5 Å². The molecule has 2 aromatic heterocycles. The van der Waals surface area contributed by atoms with Gasteiger partial charge in [-0.3, -0.25) is 9.59 Å². The molecule has 6 nitrogen and oxygen atoms in total. The zero-order valence-electron chi connectivity index (χ0n) is 14.8. The van der Waals surface area contributed by atoms with Crippen LogP contribution in [0, 0.1) is 0 Å². The van der Waals surface area contributed by atoms with Crippen LogP contribution in [0.3, 0.4) is 0 Å². The maximum absolute atomic E-state index is 12.5. The second kappa shape index (κ2) is 7.84. The third kappa shape index (κ3) is 4.14. The lowest BCUT2D eigenvalue weighted by Crippen LogP contribution is -2.38. The number of rotatable bonds is 5. The van der Waals surface area contributed by atoms with E-state index in [1.807, 2.05) is 41.3 Å². The van der Waals surface area contributed by atoms with Crippen molar-refractivity contribution in [1.82, 2.24) is 20.2 Å². The van der Waals surface area contributed by atoms with Crippen molar-refractivity contribution in [2.24, 2.45) is 0 Å². The van der Waals surface area contributed by atoms with Crippen LogP contribution in [0.4, 0.5) is 0 Å². The van der Waals surface area contributed by atoms with Crippen LogP contribution in [0.1, 0.15) is 28.2 Å². The molecule has 1 aliphatic rings. The summed E-state index contributed by atoms with van der Waals surface area (Å²) in [6, 6.07) is 13.6. The number of pyridine rings is 1. The molecule has 4 rings (SSSR count). The van der Waals surface area contributed by atoms with Gasteiger partial charge >= 0.3 is 0 Å². The smallest absolute Gasteiger partial charge is 0.280 e. The molecule has 0 saturated carbocycles. The Morgan fingerprint density at radius 1 is 1.19 bits per heavy atom. The number of hydrogen-bond acceptors (Lipinski definition) is 5. The SMILES string of the molecule is O=C(NC1CCN(C(=O)CCc2ccccc2)C1)c1nc2cccnc2s1. The van der Waals surface area contributed by atoms with Crippen LogP contribution in [-0.4, -0.2) is 45.8 Å². The van der Waals surface area contributed by atoms with E-state index in [2.05, 4.69) is 15.3 Å². The summed E-state index contributed by atoms with van der Waals surface area (Å²) in [7, 11) is 0. The molecule has 27 heavy (non-hydrogen) atoms. The number of carbonyl (C=O) groups excluding carboxylic acids is 2. The van der Waals surface area contributed by atoms with Crippen molar-refractivity contribution in [3.8, 4) is 0 Å². The molecule has 1 atom stereocenters. The van der Waals surface area contributed by atoms with Gasteiger partial charge in [-0.05, 0) is 30.5 Å². The third-order valence-electron chi connectivity index (χ3n) is 4.71. The Kier molecular flexibility index (Phi) is 5.11. The molecular weight excluding hydrogens is 360 g/mol. The van der Waals surface area contributed by atoms with E-state index >= 15 is 0 Å². The van der Waals surface area contributed by atoms with Gasteiger partial charge in [0.05, 0.1) is 0 Å². The van der Waals surface area contributed by atoms with Crippen LogP contribution in [0.15, 0.2) is 48.7 Å². The highest BCUT2D eigenvalue weighted by molar-refractivity contribution is 7.19. The molecule has 1 aliphatic heterocycles. The third-order valence-corrected chi connectivity index (χ3v) is 5.69. The molecule has 3 heterocycles.